The van der Waals surface area contributed by atoms with Gasteiger partial charge in [-0.25, -0.2) is 4.79 Å². The van der Waals surface area contributed by atoms with E-state index in [0.29, 0.717) is 0 Å². The molecule has 0 aliphatic carbocycles. The highest BCUT2D eigenvalue weighted by molar-refractivity contribution is 5.89. The second-order valence-corrected chi connectivity index (χ2v) is 2.28. The summed E-state index contributed by atoms with van der Waals surface area (Å²) < 4.78 is 29.5. The molecule has 0 N–H and O–H groups in total. The second kappa shape index (κ2) is 4.33. The lowest BCUT2D eigenvalue weighted by Gasteiger charge is -2.00. The number of pyridine rings is 1. The maximum atomic E-state index is 12.5. The quantitative estimate of drug-likeness (QED) is 0.405. The summed E-state index contributed by atoms with van der Waals surface area (Å²) in [5.74, 6) is -1.01. The highest BCUT2D eigenvalue weighted by Gasteiger charge is 2.10. The van der Waals surface area contributed by atoms with Gasteiger partial charge in [0.05, 0.1) is 5.56 Å². The number of terminal acetylenes is 1. The third-order valence-electron chi connectivity index (χ3n) is 1.29. The molecule has 0 atom stereocenters. The predicted octanol–water partition coefficient (Wildman–Crippen LogP) is 1.15. The molecule has 0 spiro atoms. The van der Waals surface area contributed by atoms with Crippen LogP contribution in [0.15, 0.2) is 12.1 Å². The first-order valence-corrected chi connectivity index (χ1v) is 3.57. The lowest BCUT2D eigenvalue weighted by Crippen LogP contribution is -2.07. The van der Waals surface area contributed by atoms with Gasteiger partial charge in [-0.05, 0) is 0 Å². The Bertz CT molecular complexity index is 378. The average Bonchev–Trinajstić information content (AvgIpc) is 2.12. The maximum absolute atomic E-state index is 12.5. The van der Waals surface area contributed by atoms with Crippen LogP contribution in [0.5, 0.6) is 0 Å². The molecule has 0 radical (unpaired) electrons. The second-order valence-electron chi connectivity index (χ2n) is 2.28. The minimum Gasteiger partial charge on any atom is -0.449 e. The highest BCUT2D eigenvalue weighted by atomic mass is 19.1. The molecule has 3 nitrogen and oxygen atoms in total. The molecule has 0 saturated carbocycles. The Morgan fingerprint density at radius 3 is 2.57 bits per heavy atom. The molecule has 0 fully saturated rings. The van der Waals surface area contributed by atoms with Gasteiger partial charge in [0, 0.05) is 12.1 Å². The van der Waals surface area contributed by atoms with E-state index in [4.69, 9.17) is 6.42 Å². The number of carbonyl (C=O) groups is 1. The van der Waals surface area contributed by atoms with Crippen molar-refractivity contribution in [3.05, 3.63) is 29.6 Å². The van der Waals surface area contributed by atoms with Crippen LogP contribution in [0.1, 0.15) is 10.4 Å². The zero-order valence-corrected chi connectivity index (χ0v) is 6.96. The summed E-state index contributed by atoms with van der Waals surface area (Å²) in [6.07, 6.45) is 4.83. The molecule has 1 rings (SSSR count). The Morgan fingerprint density at radius 1 is 1.50 bits per heavy atom. The normalized spacial score (nSPS) is 9.21. The van der Waals surface area contributed by atoms with Gasteiger partial charge >= 0.3 is 5.97 Å². The topological polar surface area (TPSA) is 39.2 Å². The molecule has 1 aromatic rings. The summed E-state index contributed by atoms with van der Waals surface area (Å²) in [6.45, 7) is -0.246. The molecular weight excluding hydrogens is 192 g/mol. The van der Waals surface area contributed by atoms with Crippen LogP contribution in [0.4, 0.5) is 8.78 Å². The molecular formula is C9H5F2NO2. The van der Waals surface area contributed by atoms with E-state index in [9.17, 15) is 13.6 Å². The lowest BCUT2D eigenvalue weighted by atomic mass is 10.3. The summed E-state index contributed by atoms with van der Waals surface area (Å²) in [5, 5.41) is 0. The van der Waals surface area contributed by atoms with Crippen LogP contribution in [0.25, 0.3) is 0 Å². The van der Waals surface area contributed by atoms with E-state index >= 15 is 0 Å². The number of nitrogens with zero attached hydrogens (tertiary/aromatic N) is 1. The van der Waals surface area contributed by atoms with E-state index in [1.807, 2.05) is 0 Å². The maximum Gasteiger partial charge on any atom is 0.339 e. The number of rotatable bonds is 2. The van der Waals surface area contributed by atoms with Crippen LogP contribution in [-0.4, -0.2) is 17.6 Å². The molecule has 0 amide bonds. The third kappa shape index (κ3) is 2.52. The SMILES string of the molecule is C#CCOC(=O)c1cc(F)nc(F)c1. The number of ether oxygens (including phenoxy) is 1. The van der Waals surface area contributed by atoms with Crippen LogP contribution in [0.3, 0.4) is 0 Å². The number of carbonyl (C=O) groups excluding carboxylic acids is 1. The minimum absolute atomic E-state index is 0.246. The van der Waals surface area contributed by atoms with Gasteiger partial charge in [-0.15, -0.1) is 6.42 Å². The number of aromatic nitrogens is 1. The van der Waals surface area contributed by atoms with Gasteiger partial charge in [-0.1, -0.05) is 5.92 Å². The van der Waals surface area contributed by atoms with E-state index in [2.05, 4.69) is 15.6 Å². The fourth-order valence-electron chi connectivity index (χ4n) is 0.773. The predicted molar refractivity (Wildman–Crippen MR) is 43.3 cm³/mol. The number of esters is 1. The summed E-state index contributed by atoms with van der Waals surface area (Å²) in [7, 11) is 0. The van der Waals surface area contributed by atoms with Crippen molar-refractivity contribution < 1.29 is 18.3 Å². The standard InChI is InChI=1S/C9H5F2NO2/c1-2-3-14-9(13)6-4-7(10)12-8(11)5-6/h1,4-5H,3H2. The Balaban J connectivity index is 2.85. The van der Waals surface area contributed by atoms with Crippen molar-refractivity contribution in [3.8, 4) is 12.3 Å². The van der Waals surface area contributed by atoms with Gasteiger partial charge in [0.2, 0.25) is 11.9 Å². The molecule has 72 valence electrons. The van der Waals surface area contributed by atoms with Gasteiger partial charge in [0.25, 0.3) is 0 Å². The largest absolute Gasteiger partial charge is 0.449 e. The van der Waals surface area contributed by atoms with Gasteiger partial charge in [-0.2, -0.15) is 13.8 Å². The Kier molecular flexibility index (Phi) is 3.13. The van der Waals surface area contributed by atoms with Crippen molar-refractivity contribution in [2.24, 2.45) is 0 Å². The monoisotopic (exact) mass is 197 g/mol. The van der Waals surface area contributed by atoms with E-state index < -0.39 is 17.9 Å². The Hall–Kier alpha value is -1.96. The van der Waals surface area contributed by atoms with E-state index in [1.165, 1.54) is 0 Å². The van der Waals surface area contributed by atoms with Gasteiger partial charge < -0.3 is 4.74 Å². The molecule has 0 saturated heterocycles. The summed E-state index contributed by atoms with van der Waals surface area (Å²) in [6, 6.07) is 1.53. The average molecular weight is 197 g/mol. The number of halogens is 2. The van der Waals surface area contributed by atoms with Crippen molar-refractivity contribution in [2.45, 2.75) is 0 Å². The fourth-order valence-corrected chi connectivity index (χ4v) is 0.773. The first-order chi connectivity index (χ1) is 6.63. The first-order valence-electron chi connectivity index (χ1n) is 3.57. The Morgan fingerprint density at radius 2 is 2.07 bits per heavy atom. The first kappa shape index (κ1) is 10.1. The van der Waals surface area contributed by atoms with Gasteiger partial charge in [-0.3, -0.25) is 0 Å². The third-order valence-corrected chi connectivity index (χ3v) is 1.29. The molecule has 5 heteroatoms. The smallest absolute Gasteiger partial charge is 0.339 e. The van der Waals surface area contributed by atoms with Crippen molar-refractivity contribution in [1.82, 2.24) is 4.98 Å². The van der Waals surface area contributed by atoms with Crippen LogP contribution < -0.4 is 0 Å². The lowest BCUT2D eigenvalue weighted by molar-refractivity contribution is 0.0555. The van der Waals surface area contributed by atoms with Gasteiger partial charge in [0.1, 0.15) is 0 Å². The van der Waals surface area contributed by atoms with Crippen molar-refractivity contribution >= 4 is 5.97 Å². The minimum atomic E-state index is -1.09. The molecule has 0 aliphatic heterocycles. The molecule has 0 aromatic carbocycles. The molecule has 1 heterocycles. The molecule has 1 aromatic heterocycles. The van der Waals surface area contributed by atoms with E-state index in [0.717, 1.165) is 12.1 Å². The zero-order valence-electron chi connectivity index (χ0n) is 6.96. The van der Waals surface area contributed by atoms with Crippen molar-refractivity contribution in [2.75, 3.05) is 6.61 Å². The van der Waals surface area contributed by atoms with Crippen LogP contribution in [0, 0.1) is 24.2 Å². The molecule has 14 heavy (non-hydrogen) atoms. The van der Waals surface area contributed by atoms with Crippen LogP contribution in [-0.2, 0) is 4.74 Å². The van der Waals surface area contributed by atoms with E-state index in [-0.39, 0.29) is 12.2 Å². The number of hydrogen-bond acceptors (Lipinski definition) is 3. The van der Waals surface area contributed by atoms with E-state index in [1.54, 1.807) is 0 Å². The van der Waals surface area contributed by atoms with Crippen molar-refractivity contribution in [1.29, 1.82) is 0 Å². The van der Waals surface area contributed by atoms with Gasteiger partial charge in [0.15, 0.2) is 6.61 Å². The summed E-state index contributed by atoms with van der Waals surface area (Å²) in [4.78, 5) is 13.8. The highest BCUT2D eigenvalue weighted by Crippen LogP contribution is 2.05. The zero-order chi connectivity index (χ0) is 10.6. The molecule has 0 bridgehead atoms. The van der Waals surface area contributed by atoms with Crippen molar-refractivity contribution in [3.63, 3.8) is 0 Å². The summed E-state index contributed by atoms with van der Waals surface area (Å²) >= 11 is 0. The summed E-state index contributed by atoms with van der Waals surface area (Å²) in [5.41, 5.74) is -0.259. The Labute approximate surface area is 78.7 Å². The number of hydrogen-bond donors (Lipinski definition) is 0. The molecule has 0 aliphatic rings. The fraction of sp³-hybridized carbons (Fsp3) is 0.111. The van der Waals surface area contributed by atoms with Crippen LogP contribution >= 0.6 is 0 Å². The van der Waals surface area contributed by atoms with Crippen LogP contribution in [0.2, 0.25) is 0 Å². The molecule has 0 unspecified atom stereocenters.